The average Bonchev–Trinajstić information content (AvgIpc) is 3.19. The smallest absolute Gasteiger partial charge is 0.225 e. The van der Waals surface area contributed by atoms with Gasteiger partial charge in [-0.1, -0.05) is 12.8 Å². The lowest BCUT2D eigenvalue weighted by Crippen LogP contribution is -2.17. The monoisotopic (exact) mass is 381 g/mol. The van der Waals surface area contributed by atoms with Crippen molar-refractivity contribution in [1.29, 1.82) is 0 Å². The number of aromatic nitrogens is 3. The normalized spacial score (nSPS) is 14.2. The van der Waals surface area contributed by atoms with Crippen LogP contribution >= 0.6 is 0 Å². The van der Waals surface area contributed by atoms with Crippen molar-refractivity contribution in [2.75, 3.05) is 10.6 Å². The molecule has 28 heavy (non-hydrogen) atoms. The Labute approximate surface area is 162 Å². The molecule has 0 saturated heterocycles. The molecule has 4 rings (SSSR count). The van der Waals surface area contributed by atoms with E-state index in [1.807, 2.05) is 18.2 Å². The Morgan fingerprint density at radius 1 is 0.929 bits per heavy atom. The molecule has 2 aromatic heterocycles. The molecule has 1 aliphatic carbocycles. The van der Waals surface area contributed by atoms with E-state index >= 15 is 0 Å². The average molecular weight is 381 g/mol. The van der Waals surface area contributed by atoms with Crippen LogP contribution in [0.3, 0.4) is 0 Å². The molecule has 3 aromatic rings. The number of nitrogens with one attached hydrogen (secondary N) is 2. The zero-order chi connectivity index (χ0) is 19.3. The second-order valence-corrected chi connectivity index (χ2v) is 6.95. The summed E-state index contributed by atoms with van der Waals surface area (Å²) in [6.45, 7) is 0.254. The van der Waals surface area contributed by atoms with E-state index in [2.05, 4.69) is 25.6 Å². The van der Waals surface area contributed by atoms with E-state index in [9.17, 15) is 8.78 Å². The van der Waals surface area contributed by atoms with Crippen molar-refractivity contribution in [3.8, 4) is 11.3 Å². The summed E-state index contributed by atoms with van der Waals surface area (Å²) in [6.07, 6.45) is 8.05. The Hall–Kier alpha value is -3.09. The molecule has 1 saturated carbocycles. The van der Waals surface area contributed by atoms with Gasteiger partial charge in [0.1, 0.15) is 17.5 Å². The van der Waals surface area contributed by atoms with Gasteiger partial charge in [-0.2, -0.15) is 4.98 Å². The lowest BCUT2D eigenvalue weighted by atomic mass is 10.2. The van der Waals surface area contributed by atoms with Gasteiger partial charge < -0.3 is 10.6 Å². The van der Waals surface area contributed by atoms with Crippen molar-refractivity contribution < 1.29 is 8.78 Å². The molecule has 1 aliphatic rings. The number of nitrogens with zero attached hydrogens (tertiary/aromatic N) is 3. The van der Waals surface area contributed by atoms with Gasteiger partial charge in [-0.05, 0) is 42.7 Å². The van der Waals surface area contributed by atoms with Crippen LogP contribution < -0.4 is 10.6 Å². The molecular weight excluding hydrogens is 360 g/mol. The summed E-state index contributed by atoms with van der Waals surface area (Å²) in [5.74, 6) is -0.0535. The number of benzene rings is 1. The molecule has 0 amide bonds. The van der Waals surface area contributed by atoms with E-state index in [0.29, 0.717) is 23.4 Å². The maximum Gasteiger partial charge on any atom is 0.225 e. The van der Waals surface area contributed by atoms with E-state index < -0.39 is 11.6 Å². The highest BCUT2D eigenvalue weighted by Gasteiger charge is 2.17. The summed E-state index contributed by atoms with van der Waals surface area (Å²) in [4.78, 5) is 13.2. The fourth-order valence-corrected chi connectivity index (χ4v) is 3.43. The zero-order valence-corrected chi connectivity index (χ0v) is 15.3. The fraction of sp³-hybridized carbons (Fsp3) is 0.286. The lowest BCUT2D eigenvalue weighted by Gasteiger charge is -2.15. The van der Waals surface area contributed by atoms with Crippen LogP contribution in [0, 0.1) is 11.6 Å². The minimum Gasteiger partial charge on any atom is -0.366 e. The Balaban J connectivity index is 1.59. The third kappa shape index (κ3) is 4.60. The van der Waals surface area contributed by atoms with Gasteiger partial charge in [-0.3, -0.25) is 4.98 Å². The largest absolute Gasteiger partial charge is 0.366 e. The molecule has 1 aromatic carbocycles. The minimum absolute atomic E-state index is 0.254. The number of hydrogen-bond donors (Lipinski definition) is 2. The second kappa shape index (κ2) is 8.29. The highest BCUT2D eigenvalue weighted by molar-refractivity contribution is 5.64. The Bertz CT molecular complexity index is 923. The first kappa shape index (κ1) is 18.3. The number of pyridine rings is 1. The first-order valence-corrected chi connectivity index (χ1v) is 9.40. The van der Waals surface area contributed by atoms with Crippen LogP contribution in [0.1, 0.15) is 31.2 Å². The standard InChI is InChI=1S/C21H21F2N5/c22-16-9-14(10-17(23)11-16)13-25-20-12-19(15-5-7-24-8-6-15)27-21(28-20)26-18-3-1-2-4-18/h5-12,18H,1-4,13H2,(H2,25,26,27,28). The summed E-state index contributed by atoms with van der Waals surface area (Å²) in [5.41, 5.74) is 2.18. The molecule has 0 spiro atoms. The van der Waals surface area contributed by atoms with Crippen LogP contribution in [0.25, 0.3) is 11.3 Å². The highest BCUT2D eigenvalue weighted by atomic mass is 19.1. The van der Waals surface area contributed by atoms with Crippen molar-refractivity contribution in [2.24, 2.45) is 0 Å². The molecule has 0 aliphatic heterocycles. The molecule has 2 N–H and O–H groups in total. The van der Waals surface area contributed by atoms with Gasteiger partial charge >= 0.3 is 0 Å². The van der Waals surface area contributed by atoms with E-state index in [1.165, 1.54) is 25.0 Å². The summed E-state index contributed by atoms with van der Waals surface area (Å²) < 4.78 is 26.8. The van der Waals surface area contributed by atoms with E-state index in [0.717, 1.165) is 30.2 Å². The Kier molecular flexibility index (Phi) is 5.41. The van der Waals surface area contributed by atoms with Gasteiger partial charge in [-0.25, -0.2) is 13.8 Å². The number of hydrogen-bond acceptors (Lipinski definition) is 5. The van der Waals surface area contributed by atoms with E-state index in [-0.39, 0.29) is 6.54 Å². The molecule has 0 atom stereocenters. The van der Waals surface area contributed by atoms with E-state index in [1.54, 1.807) is 12.4 Å². The van der Waals surface area contributed by atoms with Crippen molar-refractivity contribution in [2.45, 2.75) is 38.3 Å². The summed E-state index contributed by atoms with van der Waals surface area (Å²) >= 11 is 0. The molecule has 1 fully saturated rings. The lowest BCUT2D eigenvalue weighted by molar-refractivity contribution is 0.580. The molecular formula is C21H21F2N5. The first-order chi connectivity index (χ1) is 13.7. The highest BCUT2D eigenvalue weighted by Crippen LogP contribution is 2.25. The minimum atomic E-state index is -0.597. The quantitative estimate of drug-likeness (QED) is 0.643. The third-order valence-electron chi connectivity index (χ3n) is 4.79. The van der Waals surface area contributed by atoms with Crippen molar-refractivity contribution in [3.63, 3.8) is 0 Å². The Morgan fingerprint density at radius 2 is 1.64 bits per heavy atom. The number of rotatable bonds is 6. The summed E-state index contributed by atoms with van der Waals surface area (Å²) in [5, 5.41) is 6.56. The maximum atomic E-state index is 13.4. The van der Waals surface area contributed by atoms with Gasteiger partial charge in [0.25, 0.3) is 0 Å². The second-order valence-electron chi connectivity index (χ2n) is 6.95. The van der Waals surface area contributed by atoms with Gasteiger partial charge in [0.15, 0.2) is 0 Å². The maximum absolute atomic E-state index is 13.4. The molecule has 0 bridgehead atoms. The van der Waals surface area contributed by atoms with Crippen LogP contribution in [0.15, 0.2) is 48.8 Å². The molecule has 2 heterocycles. The molecule has 0 unspecified atom stereocenters. The fourth-order valence-electron chi connectivity index (χ4n) is 3.43. The SMILES string of the molecule is Fc1cc(F)cc(CNc2cc(-c3ccncc3)nc(NC3CCCC3)n2)c1. The number of halogens is 2. The van der Waals surface area contributed by atoms with Gasteiger partial charge in [0, 0.05) is 42.7 Å². The topological polar surface area (TPSA) is 62.7 Å². The van der Waals surface area contributed by atoms with Crippen LogP contribution in [0.2, 0.25) is 0 Å². The molecule has 144 valence electrons. The van der Waals surface area contributed by atoms with Crippen LogP contribution in [0.4, 0.5) is 20.5 Å². The Morgan fingerprint density at radius 3 is 2.36 bits per heavy atom. The molecule has 0 radical (unpaired) electrons. The summed E-state index contributed by atoms with van der Waals surface area (Å²) in [7, 11) is 0. The van der Waals surface area contributed by atoms with Crippen LogP contribution in [-0.2, 0) is 6.54 Å². The van der Waals surface area contributed by atoms with Crippen molar-refractivity contribution >= 4 is 11.8 Å². The van der Waals surface area contributed by atoms with Crippen LogP contribution in [-0.4, -0.2) is 21.0 Å². The number of anilines is 2. The molecule has 5 nitrogen and oxygen atoms in total. The third-order valence-corrected chi connectivity index (χ3v) is 4.79. The predicted octanol–water partition coefficient (Wildman–Crippen LogP) is 4.78. The van der Waals surface area contributed by atoms with Gasteiger partial charge in [0.05, 0.1) is 5.69 Å². The first-order valence-electron chi connectivity index (χ1n) is 9.40. The molecule has 7 heteroatoms. The van der Waals surface area contributed by atoms with Gasteiger partial charge in [0.2, 0.25) is 5.95 Å². The van der Waals surface area contributed by atoms with Crippen LogP contribution in [0.5, 0.6) is 0 Å². The zero-order valence-electron chi connectivity index (χ0n) is 15.3. The van der Waals surface area contributed by atoms with Crippen molar-refractivity contribution in [3.05, 3.63) is 66.0 Å². The summed E-state index contributed by atoms with van der Waals surface area (Å²) in [6, 6.07) is 9.43. The predicted molar refractivity (Wildman–Crippen MR) is 105 cm³/mol. The van der Waals surface area contributed by atoms with Gasteiger partial charge in [-0.15, -0.1) is 0 Å². The van der Waals surface area contributed by atoms with E-state index in [4.69, 9.17) is 0 Å². The van der Waals surface area contributed by atoms with Crippen molar-refractivity contribution in [1.82, 2.24) is 15.0 Å².